The number of nitrogens with one attached hydrogen (secondary N) is 2. The van der Waals surface area contributed by atoms with E-state index in [1.807, 2.05) is 30.9 Å². The van der Waals surface area contributed by atoms with Crippen LogP contribution >= 0.6 is 0 Å². The molecule has 1 aromatic heterocycles. The van der Waals surface area contributed by atoms with E-state index >= 15 is 0 Å². The number of likely N-dealkylation sites (N-methyl/N-ethyl adjacent to an activating group) is 1. The van der Waals surface area contributed by atoms with Crippen molar-refractivity contribution in [2.45, 2.75) is 19.9 Å². The number of aryl methyl sites for hydroxylation is 1. The zero-order valence-corrected chi connectivity index (χ0v) is 17.5. The zero-order chi connectivity index (χ0) is 20.6. The topological polar surface area (TPSA) is 90.3 Å². The fourth-order valence-electron chi connectivity index (χ4n) is 3.79. The van der Waals surface area contributed by atoms with E-state index in [-0.39, 0.29) is 18.0 Å². The first-order chi connectivity index (χ1) is 14.1. The van der Waals surface area contributed by atoms with Crippen molar-refractivity contribution in [3.8, 4) is 0 Å². The lowest BCUT2D eigenvalue weighted by Gasteiger charge is -2.36. The third-order valence-electron chi connectivity index (χ3n) is 5.42. The van der Waals surface area contributed by atoms with Crippen molar-refractivity contribution >= 4 is 11.9 Å². The van der Waals surface area contributed by atoms with Gasteiger partial charge in [0.2, 0.25) is 5.91 Å². The molecular weight excluding hydrogens is 374 g/mol. The molecule has 162 valence electrons. The number of nitrogens with zero attached hydrogens (tertiary/aromatic N) is 3. The second-order valence-corrected chi connectivity index (χ2v) is 7.52. The number of carbonyl (C=O) groups excluding carboxylic acids is 2. The normalized spacial score (nSPS) is 19.7. The summed E-state index contributed by atoms with van der Waals surface area (Å²) in [5.41, 5.74) is 0. The predicted octanol–water partition coefficient (Wildman–Crippen LogP) is 0.425. The maximum atomic E-state index is 12.7. The highest BCUT2D eigenvalue weighted by Crippen LogP contribution is 2.23. The smallest absolute Gasteiger partial charge is 0.317 e. The van der Waals surface area contributed by atoms with Crippen molar-refractivity contribution in [2.24, 2.45) is 0 Å². The molecule has 2 fully saturated rings. The first-order valence-corrected chi connectivity index (χ1v) is 10.5. The summed E-state index contributed by atoms with van der Waals surface area (Å²) in [6.07, 6.45) is 0. The minimum Gasteiger partial charge on any atom is -0.465 e. The third-order valence-corrected chi connectivity index (χ3v) is 5.42. The van der Waals surface area contributed by atoms with E-state index < -0.39 is 0 Å². The van der Waals surface area contributed by atoms with Crippen LogP contribution in [0.2, 0.25) is 0 Å². The number of urea groups is 1. The van der Waals surface area contributed by atoms with Gasteiger partial charge >= 0.3 is 6.03 Å². The minimum atomic E-state index is -0.0656. The Hall–Kier alpha value is -2.10. The summed E-state index contributed by atoms with van der Waals surface area (Å²) in [6.45, 7) is 11.0. The highest BCUT2D eigenvalue weighted by molar-refractivity contribution is 5.78. The van der Waals surface area contributed by atoms with Crippen LogP contribution in [0, 0.1) is 6.92 Å². The molecule has 2 aliphatic heterocycles. The number of rotatable bonds is 7. The van der Waals surface area contributed by atoms with Crippen LogP contribution in [0.1, 0.15) is 24.5 Å². The van der Waals surface area contributed by atoms with Gasteiger partial charge in [-0.05, 0) is 26.0 Å². The Labute approximate surface area is 172 Å². The number of ether oxygens (including phenoxy) is 1. The van der Waals surface area contributed by atoms with Crippen LogP contribution in [-0.4, -0.2) is 98.8 Å². The number of hydrogen-bond donors (Lipinski definition) is 2. The van der Waals surface area contributed by atoms with Crippen molar-refractivity contribution < 1.29 is 18.7 Å². The van der Waals surface area contributed by atoms with Crippen LogP contribution < -0.4 is 10.6 Å². The predicted molar refractivity (Wildman–Crippen MR) is 109 cm³/mol. The van der Waals surface area contributed by atoms with Crippen molar-refractivity contribution in [3.05, 3.63) is 23.7 Å². The molecule has 0 saturated carbocycles. The van der Waals surface area contributed by atoms with Gasteiger partial charge in [-0.25, -0.2) is 4.79 Å². The molecule has 3 amide bonds. The molecule has 2 saturated heterocycles. The summed E-state index contributed by atoms with van der Waals surface area (Å²) in [5.74, 6) is 1.77. The van der Waals surface area contributed by atoms with Gasteiger partial charge in [-0.3, -0.25) is 14.6 Å². The van der Waals surface area contributed by atoms with Crippen LogP contribution in [0.15, 0.2) is 16.5 Å². The largest absolute Gasteiger partial charge is 0.465 e. The summed E-state index contributed by atoms with van der Waals surface area (Å²) in [7, 11) is 0. The lowest BCUT2D eigenvalue weighted by molar-refractivity contribution is -0.122. The maximum Gasteiger partial charge on any atom is 0.317 e. The molecule has 29 heavy (non-hydrogen) atoms. The molecule has 2 aliphatic rings. The standard InChI is InChI=1S/C20H33N5O4/c1-3-21-19(26)15-23-6-8-25(9-7-23)20(27)22-14-17(18-5-4-16(2)29-18)24-10-12-28-13-11-24/h4-5,17H,3,6-15H2,1-2H3,(H,21,26)(H,22,27). The van der Waals surface area contributed by atoms with Crippen molar-refractivity contribution in [3.63, 3.8) is 0 Å². The molecule has 1 aromatic rings. The summed E-state index contributed by atoms with van der Waals surface area (Å²) in [5, 5.41) is 5.89. The number of carbonyl (C=O) groups is 2. The average molecular weight is 408 g/mol. The molecule has 0 radical (unpaired) electrons. The van der Waals surface area contributed by atoms with Crippen LogP contribution in [0.25, 0.3) is 0 Å². The Morgan fingerprint density at radius 1 is 1.07 bits per heavy atom. The average Bonchev–Trinajstić information content (AvgIpc) is 3.15. The Balaban J connectivity index is 1.49. The minimum absolute atomic E-state index is 0.00409. The summed E-state index contributed by atoms with van der Waals surface area (Å²) in [4.78, 5) is 30.6. The molecule has 0 bridgehead atoms. The van der Waals surface area contributed by atoms with E-state index in [0.717, 1.165) is 24.6 Å². The van der Waals surface area contributed by atoms with E-state index in [9.17, 15) is 9.59 Å². The Morgan fingerprint density at radius 3 is 2.41 bits per heavy atom. The van der Waals surface area contributed by atoms with Crippen molar-refractivity contribution in [1.82, 2.24) is 25.3 Å². The van der Waals surface area contributed by atoms with E-state index in [1.165, 1.54) is 0 Å². The summed E-state index contributed by atoms with van der Waals surface area (Å²) >= 11 is 0. The van der Waals surface area contributed by atoms with Gasteiger partial charge < -0.3 is 24.7 Å². The number of amides is 3. The monoisotopic (exact) mass is 407 g/mol. The number of furan rings is 1. The maximum absolute atomic E-state index is 12.7. The second-order valence-electron chi connectivity index (χ2n) is 7.52. The highest BCUT2D eigenvalue weighted by Gasteiger charge is 2.27. The van der Waals surface area contributed by atoms with E-state index in [1.54, 1.807) is 0 Å². The molecule has 3 rings (SSSR count). The van der Waals surface area contributed by atoms with Gasteiger partial charge in [0.05, 0.1) is 25.8 Å². The molecular formula is C20H33N5O4. The first kappa shape index (κ1) is 21.6. The number of morpholine rings is 1. The summed E-state index contributed by atoms with van der Waals surface area (Å²) < 4.78 is 11.3. The number of hydrogen-bond acceptors (Lipinski definition) is 6. The molecule has 9 nitrogen and oxygen atoms in total. The highest BCUT2D eigenvalue weighted by atomic mass is 16.5. The molecule has 1 atom stereocenters. The fraction of sp³-hybridized carbons (Fsp3) is 0.700. The SMILES string of the molecule is CCNC(=O)CN1CCN(C(=O)NCC(c2ccc(C)o2)N2CCOCC2)CC1. The summed E-state index contributed by atoms with van der Waals surface area (Å²) in [6, 6.07) is 3.88. The van der Waals surface area contributed by atoms with Crippen LogP contribution in [-0.2, 0) is 9.53 Å². The van der Waals surface area contributed by atoms with E-state index in [2.05, 4.69) is 20.4 Å². The van der Waals surface area contributed by atoms with Gasteiger partial charge in [0, 0.05) is 52.4 Å². The van der Waals surface area contributed by atoms with Gasteiger partial charge in [0.15, 0.2) is 0 Å². The third kappa shape index (κ3) is 6.19. The second kappa shape index (κ2) is 10.6. The Morgan fingerprint density at radius 2 is 1.79 bits per heavy atom. The lowest BCUT2D eigenvalue weighted by Crippen LogP contribution is -2.54. The zero-order valence-electron chi connectivity index (χ0n) is 17.5. The van der Waals surface area contributed by atoms with Gasteiger partial charge in [0.25, 0.3) is 0 Å². The molecule has 0 aliphatic carbocycles. The molecule has 2 N–H and O–H groups in total. The van der Waals surface area contributed by atoms with Crippen LogP contribution in [0.3, 0.4) is 0 Å². The number of piperazine rings is 1. The molecule has 9 heteroatoms. The molecule has 1 unspecified atom stereocenters. The Bertz CT molecular complexity index is 666. The molecule has 3 heterocycles. The van der Waals surface area contributed by atoms with Gasteiger partial charge in [0.1, 0.15) is 11.5 Å². The first-order valence-electron chi connectivity index (χ1n) is 10.5. The molecule has 0 aromatic carbocycles. The van der Waals surface area contributed by atoms with Crippen LogP contribution in [0.5, 0.6) is 0 Å². The van der Waals surface area contributed by atoms with E-state index in [4.69, 9.17) is 9.15 Å². The van der Waals surface area contributed by atoms with Crippen LogP contribution in [0.4, 0.5) is 4.79 Å². The van der Waals surface area contributed by atoms with Crippen molar-refractivity contribution in [2.75, 3.05) is 72.1 Å². The molecule has 0 spiro atoms. The Kier molecular flexibility index (Phi) is 7.91. The van der Waals surface area contributed by atoms with Crippen molar-refractivity contribution in [1.29, 1.82) is 0 Å². The quantitative estimate of drug-likeness (QED) is 0.681. The van der Waals surface area contributed by atoms with Gasteiger partial charge in [-0.1, -0.05) is 0 Å². The van der Waals surface area contributed by atoms with Gasteiger partial charge in [-0.2, -0.15) is 0 Å². The lowest BCUT2D eigenvalue weighted by atomic mass is 10.1. The van der Waals surface area contributed by atoms with Gasteiger partial charge in [-0.15, -0.1) is 0 Å². The van der Waals surface area contributed by atoms with E-state index in [0.29, 0.717) is 59.0 Å². The fourth-order valence-corrected chi connectivity index (χ4v) is 3.79.